The summed E-state index contributed by atoms with van der Waals surface area (Å²) >= 11 is 7.61. The Kier molecular flexibility index (Phi) is 5.80. The van der Waals surface area contributed by atoms with Crippen LogP contribution in [0, 0.1) is 28.6 Å². The summed E-state index contributed by atoms with van der Waals surface area (Å²) in [5.74, 6) is 0.353. The fraction of sp³-hybridized carbons (Fsp3) is 0.900. The van der Waals surface area contributed by atoms with Crippen molar-refractivity contribution in [2.24, 2.45) is 28.6 Å². The second-order valence-electron chi connectivity index (χ2n) is 9.48. The quantitative estimate of drug-likeness (QED) is 0.233. The van der Waals surface area contributed by atoms with Gasteiger partial charge in [-0.3, -0.25) is 5.26 Å². The third-order valence-electron chi connectivity index (χ3n) is 7.76. The highest BCUT2D eigenvalue weighted by molar-refractivity contribution is 9.09. The summed E-state index contributed by atoms with van der Waals surface area (Å²) in [5, 5.41) is 32.4. The molecule has 0 saturated heterocycles. The van der Waals surface area contributed by atoms with E-state index in [1.165, 1.54) is 5.57 Å². The number of halogens is 2. The second kappa shape index (κ2) is 7.10. The van der Waals surface area contributed by atoms with Gasteiger partial charge in [-0.1, -0.05) is 64.3 Å². The highest BCUT2D eigenvalue weighted by Crippen LogP contribution is 2.67. The minimum atomic E-state index is -1.17. The highest BCUT2D eigenvalue weighted by atomic mass is 79.9. The van der Waals surface area contributed by atoms with Crippen LogP contribution in [-0.2, 0) is 4.89 Å². The molecular weight excluding hydrogens is 464 g/mol. The summed E-state index contributed by atoms with van der Waals surface area (Å²) in [6.07, 6.45) is 4.31. The van der Waals surface area contributed by atoms with E-state index in [1.54, 1.807) is 6.92 Å². The van der Waals surface area contributed by atoms with Crippen molar-refractivity contribution >= 4 is 31.9 Å². The number of hydrogen-bond acceptors (Lipinski definition) is 4. The molecule has 2 fully saturated rings. The van der Waals surface area contributed by atoms with Crippen LogP contribution in [0.25, 0.3) is 0 Å². The Bertz CT molecular complexity index is 578. The number of aliphatic hydroxyl groups is 2. The van der Waals surface area contributed by atoms with E-state index in [4.69, 9.17) is 4.89 Å². The molecule has 6 heteroatoms. The first kappa shape index (κ1) is 21.3. The van der Waals surface area contributed by atoms with Crippen molar-refractivity contribution in [2.75, 3.05) is 5.33 Å². The average molecular weight is 496 g/mol. The molecule has 0 unspecified atom stereocenters. The van der Waals surface area contributed by atoms with Gasteiger partial charge in [0.2, 0.25) is 0 Å². The number of rotatable bonds is 3. The van der Waals surface area contributed by atoms with Crippen molar-refractivity contribution in [3.63, 3.8) is 0 Å². The molecule has 4 nitrogen and oxygen atoms in total. The Morgan fingerprint density at radius 2 is 1.96 bits per heavy atom. The molecule has 0 spiro atoms. The van der Waals surface area contributed by atoms with Crippen LogP contribution in [0.5, 0.6) is 0 Å². The van der Waals surface area contributed by atoms with Crippen molar-refractivity contribution in [2.45, 2.75) is 76.0 Å². The van der Waals surface area contributed by atoms with Crippen LogP contribution in [0.3, 0.4) is 0 Å². The van der Waals surface area contributed by atoms with Gasteiger partial charge in [0.05, 0.1) is 11.7 Å². The van der Waals surface area contributed by atoms with Crippen LogP contribution in [0.2, 0.25) is 0 Å². The van der Waals surface area contributed by atoms with Crippen LogP contribution in [0.15, 0.2) is 11.6 Å². The smallest absolute Gasteiger partial charge is 0.100 e. The van der Waals surface area contributed by atoms with Gasteiger partial charge in [0.15, 0.2) is 0 Å². The summed E-state index contributed by atoms with van der Waals surface area (Å²) in [5.41, 5.74) is -0.233. The Morgan fingerprint density at radius 1 is 1.31 bits per heavy atom. The number of hydrogen-bond donors (Lipinski definition) is 3. The maximum atomic E-state index is 11.4. The van der Waals surface area contributed by atoms with Gasteiger partial charge in [0, 0.05) is 27.4 Å². The molecule has 8 atom stereocenters. The maximum absolute atomic E-state index is 11.4. The molecule has 3 aliphatic rings. The average Bonchev–Trinajstić information content (AvgIpc) is 2.58. The zero-order valence-electron chi connectivity index (χ0n) is 16.1. The van der Waals surface area contributed by atoms with E-state index >= 15 is 0 Å². The van der Waals surface area contributed by atoms with Gasteiger partial charge in [0.1, 0.15) is 6.10 Å². The van der Waals surface area contributed by atoms with Crippen LogP contribution in [0.1, 0.15) is 53.4 Å². The lowest BCUT2D eigenvalue weighted by Gasteiger charge is -2.64. The predicted molar refractivity (Wildman–Crippen MR) is 110 cm³/mol. The van der Waals surface area contributed by atoms with E-state index in [-0.39, 0.29) is 33.6 Å². The van der Waals surface area contributed by atoms with Gasteiger partial charge in [0.25, 0.3) is 0 Å². The molecule has 0 radical (unpaired) electrons. The van der Waals surface area contributed by atoms with Crippen LogP contribution >= 0.6 is 31.9 Å². The third-order valence-corrected chi connectivity index (χ3v) is 10.2. The van der Waals surface area contributed by atoms with E-state index in [0.717, 1.165) is 18.2 Å². The lowest BCUT2D eigenvalue weighted by molar-refractivity contribution is -0.303. The van der Waals surface area contributed by atoms with Gasteiger partial charge in [-0.25, -0.2) is 4.89 Å². The molecule has 0 aromatic carbocycles. The molecule has 3 rings (SSSR count). The summed E-state index contributed by atoms with van der Waals surface area (Å²) in [6, 6.07) is 0. The lowest BCUT2D eigenvalue weighted by Crippen LogP contribution is -2.66. The van der Waals surface area contributed by atoms with Gasteiger partial charge in [-0.05, 0) is 43.9 Å². The first-order valence-corrected chi connectivity index (χ1v) is 11.7. The molecule has 0 amide bonds. The summed E-state index contributed by atoms with van der Waals surface area (Å²) in [6.45, 7) is 8.40. The molecule has 3 N–H and O–H groups in total. The second-order valence-corrected chi connectivity index (χ2v) is 11.1. The molecule has 26 heavy (non-hydrogen) atoms. The van der Waals surface area contributed by atoms with Crippen LogP contribution in [-0.4, -0.2) is 43.4 Å². The minimum absolute atomic E-state index is 0.116. The maximum Gasteiger partial charge on any atom is 0.100 e. The Hall–Kier alpha value is 0.540. The molecule has 0 heterocycles. The predicted octanol–water partition coefficient (Wildman–Crippen LogP) is 4.52. The Balaban J connectivity index is 2.17. The highest BCUT2D eigenvalue weighted by Gasteiger charge is 2.65. The molecule has 0 bridgehead atoms. The van der Waals surface area contributed by atoms with Crippen molar-refractivity contribution < 1.29 is 20.4 Å². The molecule has 0 aliphatic heterocycles. The molecule has 150 valence electrons. The van der Waals surface area contributed by atoms with Gasteiger partial charge < -0.3 is 10.2 Å². The standard InChI is InChI=1S/C20H32Br2O4/c1-11(2)16-13(26-25)6-5-12-17-18(3,7-8-20(12,16)10-21)14(22)9-15(23)19(17,4)24/h5,11,13-17,23-25H,6-10H2,1-4H3/t13-,14+,15+,16-,17+,18-,19-,20-/m1/s1. The zero-order valence-corrected chi connectivity index (χ0v) is 19.3. The summed E-state index contributed by atoms with van der Waals surface area (Å²) in [4.78, 5) is 5.07. The third kappa shape index (κ3) is 2.81. The monoisotopic (exact) mass is 494 g/mol. The lowest BCUT2D eigenvalue weighted by atomic mass is 9.43. The van der Waals surface area contributed by atoms with E-state index < -0.39 is 11.7 Å². The largest absolute Gasteiger partial charge is 0.390 e. The van der Waals surface area contributed by atoms with Crippen molar-refractivity contribution in [3.05, 3.63) is 11.6 Å². The fourth-order valence-electron chi connectivity index (χ4n) is 6.47. The topological polar surface area (TPSA) is 69.9 Å². The van der Waals surface area contributed by atoms with Crippen molar-refractivity contribution in [1.82, 2.24) is 0 Å². The molecule has 2 saturated carbocycles. The van der Waals surface area contributed by atoms with Gasteiger partial charge >= 0.3 is 0 Å². The normalized spacial score (nSPS) is 51.6. The number of aliphatic hydroxyl groups excluding tert-OH is 1. The summed E-state index contributed by atoms with van der Waals surface area (Å²) < 4.78 is 0. The summed E-state index contributed by atoms with van der Waals surface area (Å²) in [7, 11) is 0. The first-order valence-electron chi connectivity index (χ1n) is 9.67. The number of alkyl halides is 2. The van der Waals surface area contributed by atoms with Crippen LogP contribution < -0.4 is 0 Å². The van der Waals surface area contributed by atoms with Crippen LogP contribution in [0.4, 0.5) is 0 Å². The van der Waals surface area contributed by atoms with E-state index in [2.05, 4.69) is 58.7 Å². The fourth-order valence-corrected chi connectivity index (χ4v) is 8.30. The van der Waals surface area contributed by atoms with Crippen molar-refractivity contribution in [1.29, 1.82) is 0 Å². The SMILES string of the molecule is CC(C)[C@@H]1[C@H](OO)CC=C2[C@@H]3[C@](C)(O)[C@@H](O)C[C@H](Br)[C@@]3(C)CC[C@@]21CBr. The molecular formula is C20H32Br2O4. The number of fused-ring (bicyclic) bond motifs is 3. The molecule has 3 aliphatic carbocycles. The molecule has 0 aromatic rings. The van der Waals surface area contributed by atoms with Gasteiger partial charge in [-0.2, -0.15) is 0 Å². The Labute approximate surface area is 173 Å². The zero-order chi connectivity index (χ0) is 19.5. The first-order chi connectivity index (χ1) is 12.1. The Morgan fingerprint density at radius 3 is 2.50 bits per heavy atom. The van der Waals surface area contributed by atoms with E-state index in [1.807, 2.05) is 0 Å². The molecule has 0 aromatic heterocycles. The van der Waals surface area contributed by atoms with Crippen molar-refractivity contribution in [3.8, 4) is 0 Å². The van der Waals surface area contributed by atoms with Gasteiger partial charge in [-0.15, -0.1) is 0 Å². The van der Waals surface area contributed by atoms with E-state index in [9.17, 15) is 15.5 Å². The van der Waals surface area contributed by atoms with E-state index in [0.29, 0.717) is 18.8 Å². The minimum Gasteiger partial charge on any atom is -0.390 e.